The van der Waals surface area contributed by atoms with Gasteiger partial charge in [0.25, 0.3) is 0 Å². The van der Waals surface area contributed by atoms with Gasteiger partial charge in [0.2, 0.25) is 0 Å². The van der Waals surface area contributed by atoms with Crippen molar-refractivity contribution < 1.29 is 4.74 Å². The van der Waals surface area contributed by atoms with Gasteiger partial charge in [-0.25, -0.2) is 0 Å². The van der Waals surface area contributed by atoms with Crippen molar-refractivity contribution in [3.05, 3.63) is 29.3 Å². The molecule has 2 heterocycles. The molecule has 1 aromatic carbocycles. The highest BCUT2D eigenvalue weighted by molar-refractivity contribution is 5.85. The molecule has 126 valence electrons. The third-order valence-corrected chi connectivity index (χ3v) is 4.49. The number of piperidine rings is 1. The zero-order valence-corrected chi connectivity index (χ0v) is 14.7. The predicted octanol–water partition coefficient (Wildman–Crippen LogP) is 3.33. The van der Waals surface area contributed by atoms with Gasteiger partial charge in [0.15, 0.2) is 0 Å². The van der Waals surface area contributed by atoms with Crippen LogP contribution in [0.5, 0.6) is 5.75 Å². The first-order valence-electron chi connectivity index (χ1n) is 8.08. The molecule has 0 spiro atoms. The van der Waals surface area contributed by atoms with Gasteiger partial charge < -0.3 is 15.4 Å². The molecule has 0 saturated carbocycles. The van der Waals surface area contributed by atoms with Gasteiger partial charge in [-0.15, -0.1) is 24.8 Å². The highest BCUT2D eigenvalue weighted by atomic mass is 35.5. The molecule has 0 radical (unpaired) electrons. The van der Waals surface area contributed by atoms with Gasteiger partial charge in [-0.1, -0.05) is 6.07 Å². The second kappa shape index (κ2) is 10.3. The molecule has 1 atom stereocenters. The van der Waals surface area contributed by atoms with E-state index < -0.39 is 0 Å². The van der Waals surface area contributed by atoms with Crippen LogP contribution in [0, 0.1) is 5.92 Å². The molecule has 5 heteroatoms. The largest absolute Gasteiger partial charge is 0.494 e. The van der Waals surface area contributed by atoms with Gasteiger partial charge in [0.1, 0.15) is 5.75 Å². The lowest BCUT2D eigenvalue weighted by atomic mass is 9.95. The van der Waals surface area contributed by atoms with E-state index in [1.807, 2.05) is 0 Å². The molecule has 1 fully saturated rings. The summed E-state index contributed by atoms with van der Waals surface area (Å²) in [6, 6.07) is 6.58. The van der Waals surface area contributed by atoms with Gasteiger partial charge >= 0.3 is 0 Å². The molecule has 0 aromatic heterocycles. The third kappa shape index (κ3) is 5.62. The van der Waals surface area contributed by atoms with Crippen molar-refractivity contribution in [3.8, 4) is 5.75 Å². The molecular formula is C17H28Cl2N2O. The summed E-state index contributed by atoms with van der Waals surface area (Å²) in [6.07, 6.45) is 6.33. The maximum absolute atomic E-state index is 5.91. The Bertz CT molecular complexity index is 437. The number of fused-ring (bicyclic) bond motifs is 1. The van der Waals surface area contributed by atoms with Crippen LogP contribution in [0.3, 0.4) is 0 Å². The SMILES string of the molecule is Cl.Cl.c1cc2c(cc1OCCCC1CCCNC1)CNCC2. The second-order valence-corrected chi connectivity index (χ2v) is 6.06. The fourth-order valence-electron chi connectivity index (χ4n) is 3.28. The first-order valence-corrected chi connectivity index (χ1v) is 8.08. The van der Waals surface area contributed by atoms with Gasteiger partial charge in [-0.3, -0.25) is 0 Å². The van der Waals surface area contributed by atoms with Crippen LogP contribution in [0.4, 0.5) is 0 Å². The molecule has 0 amide bonds. The average molecular weight is 347 g/mol. The number of halogens is 2. The lowest BCUT2D eigenvalue weighted by Crippen LogP contribution is -2.29. The van der Waals surface area contributed by atoms with Crippen molar-refractivity contribution in [3.63, 3.8) is 0 Å². The summed E-state index contributed by atoms with van der Waals surface area (Å²) in [4.78, 5) is 0. The topological polar surface area (TPSA) is 33.3 Å². The number of benzene rings is 1. The summed E-state index contributed by atoms with van der Waals surface area (Å²) in [7, 11) is 0. The van der Waals surface area contributed by atoms with Crippen LogP contribution in [0.2, 0.25) is 0 Å². The Morgan fingerprint density at radius 2 is 2.00 bits per heavy atom. The molecular weight excluding hydrogens is 319 g/mol. The molecule has 3 rings (SSSR count). The van der Waals surface area contributed by atoms with Crippen molar-refractivity contribution in [1.82, 2.24) is 10.6 Å². The Morgan fingerprint density at radius 3 is 2.82 bits per heavy atom. The zero-order valence-electron chi connectivity index (χ0n) is 13.1. The summed E-state index contributed by atoms with van der Waals surface area (Å²) < 4.78 is 5.91. The van der Waals surface area contributed by atoms with Crippen molar-refractivity contribution in [2.75, 3.05) is 26.2 Å². The van der Waals surface area contributed by atoms with Crippen molar-refractivity contribution in [1.29, 1.82) is 0 Å². The number of hydrogen-bond acceptors (Lipinski definition) is 3. The van der Waals surface area contributed by atoms with E-state index in [2.05, 4.69) is 28.8 Å². The smallest absolute Gasteiger partial charge is 0.119 e. The lowest BCUT2D eigenvalue weighted by molar-refractivity contribution is 0.275. The van der Waals surface area contributed by atoms with Crippen molar-refractivity contribution >= 4 is 24.8 Å². The van der Waals surface area contributed by atoms with Gasteiger partial charge in [0.05, 0.1) is 6.61 Å². The molecule has 2 aliphatic rings. The Kier molecular flexibility index (Phi) is 9.18. The van der Waals surface area contributed by atoms with Crippen LogP contribution < -0.4 is 15.4 Å². The maximum atomic E-state index is 5.91. The molecule has 2 aliphatic heterocycles. The summed E-state index contributed by atoms with van der Waals surface area (Å²) in [5, 5.41) is 6.90. The van der Waals surface area contributed by atoms with E-state index in [9.17, 15) is 0 Å². The van der Waals surface area contributed by atoms with Crippen LogP contribution in [-0.2, 0) is 13.0 Å². The van der Waals surface area contributed by atoms with E-state index in [1.54, 1.807) is 0 Å². The maximum Gasteiger partial charge on any atom is 0.119 e. The van der Waals surface area contributed by atoms with E-state index >= 15 is 0 Å². The summed E-state index contributed by atoms with van der Waals surface area (Å²) in [5.74, 6) is 1.90. The Balaban J connectivity index is 0.00000121. The number of ether oxygens (including phenoxy) is 1. The molecule has 0 bridgehead atoms. The van der Waals surface area contributed by atoms with Crippen LogP contribution in [0.1, 0.15) is 36.8 Å². The summed E-state index contributed by atoms with van der Waals surface area (Å²) >= 11 is 0. The average Bonchev–Trinajstić information content (AvgIpc) is 2.52. The Morgan fingerprint density at radius 1 is 1.09 bits per heavy atom. The van der Waals surface area contributed by atoms with Gasteiger partial charge in [0, 0.05) is 6.54 Å². The molecule has 2 N–H and O–H groups in total. The Hall–Kier alpha value is -0.480. The molecule has 1 unspecified atom stereocenters. The fraction of sp³-hybridized carbons (Fsp3) is 0.647. The quantitative estimate of drug-likeness (QED) is 0.802. The van der Waals surface area contributed by atoms with Crippen LogP contribution >= 0.6 is 24.8 Å². The lowest BCUT2D eigenvalue weighted by Gasteiger charge is -2.22. The van der Waals surface area contributed by atoms with Crippen molar-refractivity contribution in [2.24, 2.45) is 5.92 Å². The molecule has 0 aliphatic carbocycles. The summed E-state index contributed by atoms with van der Waals surface area (Å²) in [5.41, 5.74) is 2.88. The monoisotopic (exact) mass is 346 g/mol. The number of rotatable bonds is 5. The summed E-state index contributed by atoms with van der Waals surface area (Å²) in [6.45, 7) is 5.34. The highest BCUT2D eigenvalue weighted by Gasteiger charge is 2.12. The molecule has 22 heavy (non-hydrogen) atoms. The minimum Gasteiger partial charge on any atom is -0.494 e. The van der Waals surface area contributed by atoms with Gasteiger partial charge in [-0.05, 0) is 80.9 Å². The second-order valence-electron chi connectivity index (χ2n) is 6.06. The van der Waals surface area contributed by atoms with Gasteiger partial charge in [-0.2, -0.15) is 0 Å². The minimum atomic E-state index is 0. The molecule has 1 aromatic rings. The number of hydrogen-bond donors (Lipinski definition) is 2. The van der Waals surface area contributed by atoms with E-state index in [-0.39, 0.29) is 24.8 Å². The fourth-order valence-corrected chi connectivity index (χ4v) is 3.28. The first-order chi connectivity index (χ1) is 9.92. The number of nitrogens with one attached hydrogen (secondary N) is 2. The third-order valence-electron chi connectivity index (χ3n) is 4.49. The normalized spacial score (nSPS) is 20.3. The minimum absolute atomic E-state index is 0. The van der Waals surface area contributed by atoms with Crippen molar-refractivity contribution in [2.45, 2.75) is 38.6 Å². The van der Waals surface area contributed by atoms with E-state index in [1.165, 1.54) is 49.9 Å². The van der Waals surface area contributed by atoms with Crippen LogP contribution in [0.15, 0.2) is 18.2 Å². The standard InChI is InChI=1S/C17H26N2O.2ClH/c1-3-14(12-18-8-1)4-2-10-20-17-6-5-15-7-9-19-13-16(15)11-17;;/h5-6,11,14,18-19H,1-4,7-10,12-13H2;2*1H. The van der Waals surface area contributed by atoms with Crippen LogP contribution in [-0.4, -0.2) is 26.2 Å². The van der Waals surface area contributed by atoms with Crippen LogP contribution in [0.25, 0.3) is 0 Å². The Labute approximate surface area is 146 Å². The van der Waals surface area contributed by atoms with E-state index in [0.29, 0.717) is 0 Å². The predicted molar refractivity (Wildman–Crippen MR) is 96.7 cm³/mol. The molecule has 1 saturated heterocycles. The van der Waals surface area contributed by atoms with E-state index in [4.69, 9.17) is 4.74 Å². The zero-order chi connectivity index (χ0) is 13.6. The first kappa shape index (κ1) is 19.6. The highest BCUT2D eigenvalue weighted by Crippen LogP contribution is 2.21. The molecule has 3 nitrogen and oxygen atoms in total. The van der Waals surface area contributed by atoms with E-state index in [0.717, 1.165) is 37.8 Å².